The Labute approximate surface area is 237 Å². The van der Waals surface area contributed by atoms with Gasteiger partial charge in [-0.2, -0.15) is 39.5 Å². The van der Waals surface area contributed by atoms with Gasteiger partial charge in [0.1, 0.15) is 0 Å². The molecule has 0 aromatic carbocycles. The Morgan fingerprint density at radius 1 is 0.425 bits per heavy atom. The smallest absolute Gasteiger partial charge is 0.323 e. The number of quaternary nitrogens is 1. The molecule has 0 aliphatic rings. The molecule has 1 nitrogen and oxygen atoms in total. The van der Waals surface area contributed by atoms with Gasteiger partial charge in [0, 0.05) is 0 Å². The molecule has 0 atom stereocenters. The Bertz CT molecular complexity index is 613. The molecule has 0 heterocycles. The minimum absolute atomic E-state index is 0.0499. The van der Waals surface area contributed by atoms with E-state index in [-0.39, 0.29) is 4.48 Å². The predicted molar refractivity (Wildman–Crippen MR) is 145 cm³/mol. The highest BCUT2D eigenvalue weighted by Gasteiger charge is 2.81. The third kappa shape index (κ3) is 13.5. The Hall–Kier alpha value is -0.670. The van der Waals surface area contributed by atoms with E-state index < -0.39 is 36.9 Å². The van der Waals surface area contributed by atoms with Gasteiger partial charge in [-0.05, 0) is 56.3 Å². The zero-order valence-electron chi connectivity index (χ0n) is 25.6. The molecule has 0 bridgehead atoms. The minimum Gasteiger partial charge on any atom is -0.323 e. The molecule has 0 saturated heterocycles. The molecule has 0 aliphatic carbocycles. The highest BCUT2D eigenvalue weighted by molar-refractivity contribution is 5.00. The SMILES string of the molecule is CC(C)CCCCC[N+](CCCCCC(C)C)(CCCCCC(C)C)CCC(F)(F)C(F)(F)C(F)(F)C(F)(F)F. The number of unbranched alkanes of at least 4 members (excludes halogenated alkanes) is 6. The number of alkyl halides is 9. The van der Waals surface area contributed by atoms with Crippen LogP contribution in [0.2, 0.25) is 0 Å². The van der Waals surface area contributed by atoms with Gasteiger partial charge in [-0.25, -0.2) is 0 Å². The van der Waals surface area contributed by atoms with Crippen LogP contribution in [-0.2, 0) is 0 Å². The van der Waals surface area contributed by atoms with Crippen molar-refractivity contribution in [2.75, 3.05) is 26.2 Å². The van der Waals surface area contributed by atoms with Gasteiger partial charge in [0.2, 0.25) is 0 Å². The highest BCUT2D eigenvalue weighted by atomic mass is 19.4. The fourth-order valence-corrected chi connectivity index (χ4v) is 5.14. The van der Waals surface area contributed by atoms with Crippen LogP contribution in [0, 0.1) is 17.8 Å². The summed E-state index contributed by atoms with van der Waals surface area (Å²) >= 11 is 0. The Morgan fingerprint density at radius 2 is 0.750 bits per heavy atom. The standard InChI is InChI=1S/C30H55F9N/c1-24(2)16-10-7-13-20-40(21-14-8-11-17-25(3)4,22-15-9-12-18-26(5)6)23-19-27(31,32)28(33,34)29(35,36)30(37,38)39/h24-26H,7-23H2,1-6H3/q+1. The molecule has 40 heavy (non-hydrogen) atoms. The summed E-state index contributed by atoms with van der Waals surface area (Å²) in [7, 11) is 0. The quantitative estimate of drug-likeness (QED) is 0.0622. The largest absolute Gasteiger partial charge is 0.460 e. The number of rotatable bonds is 23. The summed E-state index contributed by atoms with van der Waals surface area (Å²) < 4.78 is 122. The third-order valence-corrected chi connectivity index (χ3v) is 7.85. The summed E-state index contributed by atoms with van der Waals surface area (Å²) in [6.07, 6.45) is 1.65. The summed E-state index contributed by atoms with van der Waals surface area (Å²) in [5.74, 6) is -17.4. The number of hydrogen-bond donors (Lipinski definition) is 0. The van der Waals surface area contributed by atoms with E-state index in [0.717, 1.165) is 57.8 Å². The van der Waals surface area contributed by atoms with Crippen LogP contribution in [0.3, 0.4) is 0 Å². The Balaban J connectivity index is 5.85. The van der Waals surface area contributed by atoms with Crippen molar-refractivity contribution >= 4 is 0 Å². The van der Waals surface area contributed by atoms with Crippen molar-refractivity contribution in [2.24, 2.45) is 17.8 Å². The maximum atomic E-state index is 14.6. The van der Waals surface area contributed by atoms with Crippen molar-refractivity contribution in [3.8, 4) is 0 Å². The zero-order chi connectivity index (χ0) is 31.3. The lowest BCUT2D eigenvalue weighted by Gasteiger charge is -2.41. The summed E-state index contributed by atoms with van der Waals surface area (Å²) in [6, 6.07) is 0. The summed E-state index contributed by atoms with van der Waals surface area (Å²) in [6.45, 7) is 13.2. The van der Waals surface area contributed by atoms with Crippen molar-refractivity contribution in [1.82, 2.24) is 0 Å². The summed E-state index contributed by atoms with van der Waals surface area (Å²) in [5, 5.41) is 0. The second-order valence-electron chi connectivity index (χ2n) is 13.1. The first kappa shape index (κ1) is 39.3. The minimum atomic E-state index is -6.83. The van der Waals surface area contributed by atoms with Crippen molar-refractivity contribution < 1.29 is 44.0 Å². The first-order chi connectivity index (χ1) is 18.2. The van der Waals surface area contributed by atoms with Crippen molar-refractivity contribution in [3.63, 3.8) is 0 Å². The molecule has 10 heteroatoms. The van der Waals surface area contributed by atoms with E-state index in [9.17, 15) is 39.5 Å². The van der Waals surface area contributed by atoms with Crippen LogP contribution in [0.4, 0.5) is 39.5 Å². The topological polar surface area (TPSA) is 0 Å². The Morgan fingerprint density at radius 3 is 1.02 bits per heavy atom. The first-order valence-corrected chi connectivity index (χ1v) is 15.3. The van der Waals surface area contributed by atoms with Crippen LogP contribution in [0.5, 0.6) is 0 Å². The van der Waals surface area contributed by atoms with Gasteiger partial charge < -0.3 is 4.48 Å². The van der Waals surface area contributed by atoms with E-state index >= 15 is 0 Å². The van der Waals surface area contributed by atoms with Gasteiger partial charge in [0.15, 0.2) is 0 Å². The van der Waals surface area contributed by atoms with Crippen LogP contribution in [-0.4, -0.2) is 54.6 Å². The molecule has 0 N–H and O–H groups in total. The average molecular weight is 601 g/mol. The van der Waals surface area contributed by atoms with Gasteiger partial charge in [-0.3, -0.25) is 0 Å². The fraction of sp³-hybridized carbons (Fsp3) is 1.00. The second kappa shape index (κ2) is 17.4. The lowest BCUT2D eigenvalue weighted by atomic mass is 9.98. The van der Waals surface area contributed by atoms with Crippen molar-refractivity contribution in [2.45, 2.75) is 149 Å². The van der Waals surface area contributed by atoms with E-state index in [1.54, 1.807) is 0 Å². The molecular formula is C30H55F9N+. The number of hydrogen-bond acceptors (Lipinski definition) is 0. The maximum absolute atomic E-state index is 14.6. The molecule has 0 rings (SSSR count). The molecule has 0 fully saturated rings. The average Bonchev–Trinajstić information content (AvgIpc) is 2.80. The summed E-state index contributed by atoms with van der Waals surface area (Å²) in [5.41, 5.74) is 0. The molecule has 242 valence electrons. The van der Waals surface area contributed by atoms with E-state index in [0.29, 0.717) is 56.7 Å². The van der Waals surface area contributed by atoms with Crippen LogP contribution < -0.4 is 0 Å². The normalized spacial score (nSPS) is 14.2. The van der Waals surface area contributed by atoms with Gasteiger partial charge in [0.25, 0.3) is 0 Å². The second-order valence-corrected chi connectivity index (χ2v) is 13.1. The first-order valence-electron chi connectivity index (χ1n) is 15.3. The van der Waals surface area contributed by atoms with E-state index in [4.69, 9.17) is 0 Å². The van der Waals surface area contributed by atoms with Crippen LogP contribution in [0.25, 0.3) is 0 Å². The lowest BCUT2D eigenvalue weighted by molar-refractivity contribution is -0.930. The summed E-state index contributed by atoms with van der Waals surface area (Å²) in [4.78, 5) is 0. The molecule has 0 spiro atoms. The van der Waals surface area contributed by atoms with Gasteiger partial charge in [0.05, 0.1) is 32.6 Å². The Kier molecular flexibility index (Phi) is 17.2. The molecular weight excluding hydrogens is 545 g/mol. The van der Waals surface area contributed by atoms with Gasteiger partial charge in [-0.1, -0.05) is 80.1 Å². The fourth-order valence-electron chi connectivity index (χ4n) is 5.14. The van der Waals surface area contributed by atoms with E-state index in [1.165, 1.54) is 0 Å². The maximum Gasteiger partial charge on any atom is 0.460 e. The van der Waals surface area contributed by atoms with Crippen molar-refractivity contribution in [3.05, 3.63) is 0 Å². The van der Waals surface area contributed by atoms with Crippen molar-refractivity contribution in [1.29, 1.82) is 0 Å². The van der Waals surface area contributed by atoms with Crippen LogP contribution in [0.15, 0.2) is 0 Å². The molecule has 0 amide bonds. The molecule has 0 radical (unpaired) electrons. The number of halogens is 9. The van der Waals surface area contributed by atoms with Crippen LogP contribution in [0.1, 0.15) is 125 Å². The highest BCUT2D eigenvalue weighted by Crippen LogP contribution is 2.54. The molecule has 0 saturated carbocycles. The number of nitrogens with zero attached hydrogens (tertiary/aromatic N) is 1. The predicted octanol–water partition coefficient (Wildman–Crippen LogP) is 11.3. The molecule has 0 aromatic heterocycles. The molecule has 0 aromatic rings. The molecule has 0 aliphatic heterocycles. The molecule has 0 unspecified atom stereocenters. The lowest BCUT2D eigenvalue weighted by Crippen LogP contribution is -2.62. The van der Waals surface area contributed by atoms with Gasteiger partial charge >= 0.3 is 23.9 Å². The van der Waals surface area contributed by atoms with E-state index in [2.05, 4.69) is 41.5 Å². The van der Waals surface area contributed by atoms with Crippen LogP contribution >= 0.6 is 0 Å². The van der Waals surface area contributed by atoms with E-state index in [1.807, 2.05) is 0 Å². The third-order valence-electron chi connectivity index (χ3n) is 7.85. The van der Waals surface area contributed by atoms with Gasteiger partial charge in [-0.15, -0.1) is 0 Å². The zero-order valence-corrected chi connectivity index (χ0v) is 25.6. The monoisotopic (exact) mass is 600 g/mol.